The summed E-state index contributed by atoms with van der Waals surface area (Å²) in [5.74, 6) is 0. The molecule has 1 aliphatic rings. The Kier molecular flexibility index (Phi) is 6.77. The number of ether oxygens (including phenoxy) is 1. The molecule has 0 bridgehead atoms. The molecule has 2 aromatic carbocycles. The maximum absolute atomic E-state index is 10.2. The smallest absolute Gasteiger partial charge is 0.145 e. The van der Waals surface area contributed by atoms with E-state index in [4.69, 9.17) is 9.57 Å². The summed E-state index contributed by atoms with van der Waals surface area (Å²) < 4.78 is 5.60. The van der Waals surface area contributed by atoms with Crippen LogP contribution >= 0.6 is 0 Å². The summed E-state index contributed by atoms with van der Waals surface area (Å²) in [5, 5.41) is 14.4. The lowest BCUT2D eigenvalue weighted by Crippen LogP contribution is -2.37. The number of oxime groups is 1. The van der Waals surface area contributed by atoms with Crippen LogP contribution in [0.25, 0.3) is 0 Å². The van der Waals surface area contributed by atoms with Crippen LogP contribution in [-0.4, -0.2) is 54.7 Å². The van der Waals surface area contributed by atoms with Crippen molar-refractivity contribution < 1.29 is 14.7 Å². The van der Waals surface area contributed by atoms with Crippen LogP contribution in [0.4, 0.5) is 0 Å². The van der Waals surface area contributed by atoms with Gasteiger partial charge >= 0.3 is 0 Å². The van der Waals surface area contributed by atoms with Gasteiger partial charge in [-0.1, -0.05) is 65.8 Å². The van der Waals surface area contributed by atoms with Gasteiger partial charge in [0.05, 0.1) is 25.0 Å². The number of aliphatic hydroxyl groups excluding tert-OH is 1. The molecule has 0 radical (unpaired) electrons. The number of nitrogens with zero attached hydrogens (tertiary/aromatic N) is 2. The molecular formula is C21H26N2O3. The molecule has 138 valence electrons. The van der Waals surface area contributed by atoms with Crippen LogP contribution in [0.15, 0.2) is 65.8 Å². The lowest BCUT2D eigenvalue weighted by Gasteiger charge is -2.22. The van der Waals surface area contributed by atoms with Gasteiger partial charge in [0.2, 0.25) is 0 Å². The van der Waals surface area contributed by atoms with Crippen molar-refractivity contribution in [2.45, 2.75) is 25.2 Å². The molecule has 2 atom stereocenters. The normalized spacial score (nSPS) is 17.8. The predicted octanol–water partition coefficient (Wildman–Crippen LogP) is 2.69. The summed E-state index contributed by atoms with van der Waals surface area (Å²) in [6.07, 6.45) is 0.280. The van der Waals surface area contributed by atoms with Crippen molar-refractivity contribution in [2.24, 2.45) is 5.16 Å². The van der Waals surface area contributed by atoms with E-state index in [0.29, 0.717) is 19.8 Å². The van der Waals surface area contributed by atoms with E-state index in [2.05, 4.69) is 10.1 Å². The molecular weight excluding hydrogens is 328 g/mol. The van der Waals surface area contributed by atoms with E-state index in [9.17, 15) is 5.11 Å². The van der Waals surface area contributed by atoms with Gasteiger partial charge in [-0.15, -0.1) is 0 Å². The molecule has 0 aromatic heterocycles. The zero-order valence-corrected chi connectivity index (χ0v) is 15.1. The van der Waals surface area contributed by atoms with Crippen molar-refractivity contribution in [1.82, 2.24) is 4.90 Å². The lowest BCUT2D eigenvalue weighted by molar-refractivity contribution is 0.00150. The Labute approximate surface area is 154 Å². The zero-order valence-electron chi connectivity index (χ0n) is 15.1. The Morgan fingerprint density at radius 2 is 1.85 bits per heavy atom. The molecule has 0 saturated carbocycles. The van der Waals surface area contributed by atoms with Gasteiger partial charge in [0.25, 0.3) is 0 Å². The third-order valence-corrected chi connectivity index (χ3v) is 4.30. The minimum absolute atomic E-state index is 0.0210. The number of hydrogen-bond acceptors (Lipinski definition) is 5. The fraction of sp³-hybridized carbons (Fsp3) is 0.381. The van der Waals surface area contributed by atoms with Crippen molar-refractivity contribution in [3.05, 3.63) is 71.8 Å². The first-order valence-corrected chi connectivity index (χ1v) is 8.97. The van der Waals surface area contributed by atoms with Crippen molar-refractivity contribution in [1.29, 1.82) is 0 Å². The summed E-state index contributed by atoms with van der Waals surface area (Å²) in [5.41, 5.74) is 3.20. The Bertz CT molecular complexity index is 691. The Hall–Kier alpha value is -2.21. The highest BCUT2D eigenvalue weighted by Gasteiger charge is 2.24. The van der Waals surface area contributed by atoms with Crippen molar-refractivity contribution in [2.75, 3.05) is 26.7 Å². The molecule has 0 amide bonds. The Morgan fingerprint density at radius 3 is 2.58 bits per heavy atom. The lowest BCUT2D eigenvalue weighted by atomic mass is 10.1. The molecule has 0 saturated heterocycles. The number of benzene rings is 2. The number of hydrogen-bond donors (Lipinski definition) is 1. The first-order valence-electron chi connectivity index (χ1n) is 8.97. The SMILES string of the molecule is CN(CC(O)COCc1ccccc1)CC1CC(c2ccccc2)=NO1. The molecule has 2 aromatic rings. The van der Waals surface area contributed by atoms with Crippen LogP contribution < -0.4 is 0 Å². The van der Waals surface area contributed by atoms with Gasteiger partial charge in [-0.25, -0.2) is 0 Å². The van der Waals surface area contributed by atoms with Crippen molar-refractivity contribution in [3.8, 4) is 0 Å². The summed E-state index contributed by atoms with van der Waals surface area (Å²) in [6, 6.07) is 20.1. The fourth-order valence-corrected chi connectivity index (χ4v) is 3.05. The highest BCUT2D eigenvalue weighted by Crippen LogP contribution is 2.17. The molecule has 1 aliphatic heterocycles. The molecule has 0 spiro atoms. The van der Waals surface area contributed by atoms with Crippen molar-refractivity contribution in [3.63, 3.8) is 0 Å². The quantitative estimate of drug-likeness (QED) is 0.752. The van der Waals surface area contributed by atoms with E-state index in [1.54, 1.807) is 0 Å². The van der Waals surface area contributed by atoms with Gasteiger partial charge in [-0.05, 0) is 18.2 Å². The number of rotatable bonds is 9. The van der Waals surface area contributed by atoms with Crippen LogP contribution in [-0.2, 0) is 16.2 Å². The number of aliphatic hydroxyl groups is 1. The first-order chi connectivity index (χ1) is 12.7. The zero-order chi connectivity index (χ0) is 18.2. The van der Waals surface area contributed by atoms with Crippen molar-refractivity contribution >= 4 is 5.71 Å². The van der Waals surface area contributed by atoms with E-state index in [1.807, 2.05) is 67.7 Å². The monoisotopic (exact) mass is 354 g/mol. The molecule has 5 nitrogen and oxygen atoms in total. The molecule has 26 heavy (non-hydrogen) atoms. The largest absolute Gasteiger partial charge is 0.390 e. The standard InChI is InChI=1S/C21H26N2O3/c1-23(13-19(24)16-25-15-17-8-4-2-5-9-17)14-20-12-21(22-26-20)18-10-6-3-7-11-18/h2-11,19-20,24H,12-16H2,1H3. The molecule has 0 fully saturated rings. The second kappa shape index (κ2) is 9.48. The third-order valence-electron chi connectivity index (χ3n) is 4.30. The molecule has 1 heterocycles. The summed E-state index contributed by atoms with van der Waals surface area (Å²) >= 11 is 0. The van der Waals surface area contributed by atoms with Gasteiger partial charge in [0.1, 0.15) is 6.10 Å². The summed E-state index contributed by atoms with van der Waals surface area (Å²) in [7, 11) is 1.98. The molecule has 5 heteroatoms. The third kappa shape index (κ3) is 5.66. The molecule has 2 unspecified atom stereocenters. The first kappa shape index (κ1) is 18.6. The average Bonchev–Trinajstić information content (AvgIpc) is 3.11. The van der Waals surface area contributed by atoms with Gasteiger partial charge < -0.3 is 14.7 Å². The minimum atomic E-state index is -0.528. The van der Waals surface area contributed by atoms with Gasteiger partial charge in [-0.3, -0.25) is 4.90 Å². The van der Waals surface area contributed by atoms with E-state index in [0.717, 1.165) is 29.8 Å². The van der Waals surface area contributed by atoms with Crippen LogP contribution in [0, 0.1) is 0 Å². The van der Waals surface area contributed by atoms with E-state index in [-0.39, 0.29) is 6.10 Å². The van der Waals surface area contributed by atoms with Gasteiger partial charge in [0.15, 0.2) is 0 Å². The molecule has 1 N–H and O–H groups in total. The topological polar surface area (TPSA) is 54.3 Å². The highest BCUT2D eigenvalue weighted by molar-refractivity contribution is 6.01. The predicted molar refractivity (Wildman–Crippen MR) is 102 cm³/mol. The van der Waals surface area contributed by atoms with Crippen LogP contribution in [0.1, 0.15) is 17.5 Å². The average molecular weight is 354 g/mol. The summed E-state index contributed by atoms with van der Waals surface area (Å²) in [4.78, 5) is 7.60. The molecule has 3 rings (SSSR count). The second-order valence-electron chi connectivity index (χ2n) is 6.71. The minimum Gasteiger partial charge on any atom is -0.390 e. The van der Waals surface area contributed by atoms with Crippen LogP contribution in [0.5, 0.6) is 0 Å². The van der Waals surface area contributed by atoms with Gasteiger partial charge in [0, 0.05) is 19.5 Å². The maximum Gasteiger partial charge on any atom is 0.145 e. The highest BCUT2D eigenvalue weighted by atomic mass is 16.6. The number of likely N-dealkylation sites (N-methyl/N-ethyl adjacent to an activating group) is 1. The van der Waals surface area contributed by atoms with E-state index >= 15 is 0 Å². The van der Waals surface area contributed by atoms with Crippen LogP contribution in [0.2, 0.25) is 0 Å². The van der Waals surface area contributed by atoms with Crippen LogP contribution in [0.3, 0.4) is 0 Å². The Morgan fingerprint density at radius 1 is 1.15 bits per heavy atom. The van der Waals surface area contributed by atoms with Gasteiger partial charge in [-0.2, -0.15) is 0 Å². The van der Waals surface area contributed by atoms with E-state index < -0.39 is 6.10 Å². The van der Waals surface area contributed by atoms with E-state index in [1.165, 1.54) is 0 Å². The summed E-state index contributed by atoms with van der Waals surface area (Å²) in [6.45, 7) is 2.09. The second-order valence-corrected chi connectivity index (χ2v) is 6.71. The molecule has 0 aliphatic carbocycles. The maximum atomic E-state index is 10.2. The fourth-order valence-electron chi connectivity index (χ4n) is 3.05. The Balaban J connectivity index is 1.34.